The fourth-order valence-corrected chi connectivity index (χ4v) is 17.5. The Hall–Kier alpha value is -14.0. The zero-order chi connectivity index (χ0) is 73.8. The van der Waals surface area contributed by atoms with Gasteiger partial charge in [-0.15, -0.1) is 17.8 Å². The quantitative estimate of drug-likeness (QED) is 0.0946. The zero-order valence-corrected chi connectivity index (χ0v) is 60.2. The van der Waals surface area contributed by atoms with E-state index in [1.165, 1.54) is 0 Å². The van der Waals surface area contributed by atoms with Crippen molar-refractivity contribution in [2.45, 2.75) is 37.0 Å². The second-order valence-electron chi connectivity index (χ2n) is 27.8. The van der Waals surface area contributed by atoms with Crippen molar-refractivity contribution in [1.82, 2.24) is 0 Å². The van der Waals surface area contributed by atoms with Crippen molar-refractivity contribution in [3.05, 3.63) is 428 Å². The Morgan fingerprint density at radius 2 is 0.459 bits per heavy atom. The summed E-state index contributed by atoms with van der Waals surface area (Å²) in [5.41, 5.74) is 14.8. The number of ether oxygens (including phenoxy) is 3. The van der Waals surface area contributed by atoms with Crippen LogP contribution in [0.2, 0.25) is 0 Å². The lowest BCUT2D eigenvalue weighted by atomic mass is 9.59. The molecule has 0 heterocycles. The molecule has 3 aliphatic carbocycles. The van der Waals surface area contributed by atoms with Gasteiger partial charge in [-0.2, -0.15) is 0 Å². The van der Waals surface area contributed by atoms with Gasteiger partial charge in [-0.05, 0) is 211 Å². The van der Waals surface area contributed by atoms with E-state index in [4.69, 9.17) is 14.2 Å². The third-order valence-electron chi connectivity index (χ3n) is 22.3. The lowest BCUT2D eigenvalue weighted by Gasteiger charge is -2.42. The summed E-state index contributed by atoms with van der Waals surface area (Å²) in [6, 6.07) is 113. The molecule has 0 bridgehead atoms. The molecule has 15 aromatic rings. The van der Waals surface area contributed by atoms with Crippen LogP contribution >= 0.6 is 0 Å². The van der Waals surface area contributed by atoms with Crippen molar-refractivity contribution < 1.29 is 28.6 Å². The predicted molar refractivity (Wildman–Crippen MR) is 436 cm³/mol. The number of anilines is 3. The van der Waals surface area contributed by atoms with E-state index in [1.54, 1.807) is 0 Å². The standard InChI is InChI=1S/C102H69NO6/c1-4-7-58-107-82-55-37-67-61-76(40-34-70(67)64-82)100(91-28-16-10-22-85(91)97(104)86-23-11-17-29-92(86)100)73-43-49-79(50-44-73)103(80-51-45-74(46-52-80)101(77-41-35-71-65-83(108-59-8-5-2)56-38-68(71)62-77)93-30-18-12-24-87(93)98(105)88-25-13-19-31-94(88)101)81-53-47-75(48-54-81)102(78-42-36-72-66-84(109-60-9-6-3)57-39-69(72)63-78)95-32-20-14-26-89(95)99(106)90-27-15-21-33-96(90)102/h10-57,61-66H,58-60H2,1-3H3. The monoisotopic (exact) mass is 1400 g/mol. The minimum atomic E-state index is -0.969. The van der Waals surface area contributed by atoms with E-state index in [-0.39, 0.29) is 37.2 Å². The van der Waals surface area contributed by atoms with Crippen LogP contribution in [0.4, 0.5) is 17.1 Å². The molecule has 518 valence electrons. The van der Waals surface area contributed by atoms with E-state index < -0.39 is 16.2 Å². The second-order valence-corrected chi connectivity index (χ2v) is 27.8. The molecule has 3 aliphatic rings. The van der Waals surface area contributed by atoms with Gasteiger partial charge >= 0.3 is 0 Å². The molecule has 18 rings (SSSR count). The summed E-state index contributed by atoms with van der Waals surface area (Å²) in [4.78, 5) is 47.1. The van der Waals surface area contributed by atoms with Gasteiger partial charge in [-0.25, -0.2) is 0 Å². The summed E-state index contributed by atoms with van der Waals surface area (Å²) in [6.45, 7) is 6.29. The average molecular weight is 1400 g/mol. The van der Waals surface area contributed by atoms with Crippen LogP contribution in [0.5, 0.6) is 17.2 Å². The van der Waals surface area contributed by atoms with Gasteiger partial charge in [-0.1, -0.05) is 254 Å². The van der Waals surface area contributed by atoms with Crippen LogP contribution in [0.3, 0.4) is 0 Å². The highest BCUT2D eigenvalue weighted by Gasteiger charge is 2.50. The smallest absolute Gasteiger partial charge is 0.193 e. The summed E-state index contributed by atoms with van der Waals surface area (Å²) in [6.07, 6.45) is 0. The SMILES string of the molecule is CC#CCOc1ccc2cc(C3(c4ccc(N(c5ccc(C6(c7ccc8cc(OCC#CC)ccc8c7)c7ccccc7C(=O)c7ccccc76)cc5)c5ccc(C6(c7ccc8cc(OCC#CC)ccc8c7)c7ccccc7C(=O)c7ccccc76)cc5)cc4)c4ccccc4C(=O)c4ccccc43)ccc2c1. The summed E-state index contributed by atoms with van der Waals surface area (Å²) in [7, 11) is 0. The Balaban J connectivity index is 0.842. The minimum Gasteiger partial charge on any atom is -0.481 e. The Bertz CT molecular complexity index is 5680. The molecular formula is C102H69NO6. The maximum Gasteiger partial charge on any atom is 0.193 e. The fraction of sp³-hybridized carbons (Fsp3) is 0.0882. The van der Waals surface area contributed by atoms with E-state index in [0.717, 1.165) is 133 Å². The van der Waals surface area contributed by atoms with Crippen molar-refractivity contribution in [3.8, 4) is 52.8 Å². The van der Waals surface area contributed by atoms with Gasteiger partial charge in [0, 0.05) is 50.4 Å². The van der Waals surface area contributed by atoms with Crippen LogP contribution in [0, 0.1) is 35.5 Å². The Labute approximate surface area is 633 Å². The largest absolute Gasteiger partial charge is 0.481 e. The summed E-state index contributed by atoms with van der Waals surface area (Å²) in [5.74, 6) is 20.0. The number of fused-ring (bicyclic) bond motifs is 9. The molecule has 0 spiro atoms. The first-order chi connectivity index (χ1) is 53.6. The first kappa shape index (κ1) is 66.9. The number of carbonyl (C=O) groups is 3. The molecule has 0 fully saturated rings. The molecule has 7 heteroatoms. The number of ketones is 3. The van der Waals surface area contributed by atoms with E-state index in [9.17, 15) is 14.4 Å². The molecule has 0 aromatic heterocycles. The summed E-state index contributed by atoms with van der Waals surface area (Å²) in [5, 5.41) is 6.09. The highest BCUT2D eigenvalue weighted by atomic mass is 16.5. The Morgan fingerprint density at radius 1 is 0.248 bits per heavy atom. The number of benzene rings is 15. The zero-order valence-electron chi connectivity index (χ0n) is 60.2. The van der Waals surface area contributed by atoms with E-state index >= 15 is 0 Å². The Morgan fingerprint density at radius 3 is 0.697 bits per heavy atom. The van der Waals surface area contributed by atoms with Crippen LogP contribution in [0.15, 0.2) is 328 Å². The topological polar surface area (TPSA) is 82.1 Å². The average Bonchev–Trinajstić information content (AvgIpc) is 0.710. The van der Waals surface area contributed by atoms with Crippen LogP contribution in [-0.2, 0) is 16.2 Å². The maximum atomic E-state index is 14.9. The molecule has 0 amide bonds. The molecule has 0 saturated carbocycles. The van der Waals surface area contributed by atoms with E-state index in [0.29, 0.717) is 33.4 Å². The van der Waals surface area contributed by atoms with Crippen molar-refractivity contribution in [1.29, 1.82) is 0 Å². The lowest BCUT2D eigenvalue weighted by molar-refractivity contribution is 0.102. The number of nitrogens with zero attached hydrogens (tertiary/aromatic N) is 1. The van der Waals surface area contributed by atoms with Crippen molar-refractivity contribution in [2.24, 2.45) is 0 Å². The minimum absolute atomic E-state index is 0.0199. The van der Waals surface area contributed by atoms with Gasteiger partial charge in [-0.3, -0.25) is 14.4 Å². The van der Waals surface area contributed by atoms with E-state index in [1.807, 2.05) is 148 Å². The van der Waals surface area contributed by atoms with E-state index in [2.05, 4.69) is 241 Å². The van der Waals surface area contributed by atoms with Crippen LogP contribution < -0.4 is 19.1 Å². The lowest BCUT2D eigenvalue weighted by Crippen LogP contribution is -2.38. The molecular weight excluding hydrogens is 1340 g/mol. The van der Waals surface area contributed by atoms with Gasteiger partial charge in [0.15, 0.2) is 17.3 Å². The van der Waals surface area contributed by atoms with Gasteiger partial charge in [0.25, 0.3) is 0 Å². The van der Waals surface area contributed by atoms with Gasteiger partial charge in [0.1, 0.15) is 37.1 Å². The van der Waals surface area contributed by atoms with Crippen molar-refractivity contribution in [3.63, 3.8) is 0 Å². The first-order valence-corrected chi connectivity index (χ1v) is 36.7. The summed E-state index contributed by atoms with van der Waals surface area (Å²) >= 11 is 0. The van der Waals surface area contributed by atoms with Crippen LogP contribution in [0.1, 0.15) is 135 Å². The van der Waals surface area contributed by atoms with Crippen molar-refractivity contribution >= 4 is 66.7 Å². The van der Waals surface area contributed by atoms with Crippen molar-refractivity contribution in [2.75, 3.05) is 24.7 Å². The predicted octanol–water partition coefficient (Wildman–Crippen LogP) is 21.6. The molecule has 15 aromatic carbocycles. The van der Waals surface area contributed by atoms with Gasteiger partial charge < -0.3 is 19.1 Å². The molecule has 7 nitrogen and oxygen atoms in total. The first-order valence-electron chi connectivity index (χ1n) is 36.7. The molecule has 0 saturated heterocycles. The molecule has 0 atom stereocenters. The number of rotatable bonds is 15. The third-order valence-corrected chi connectivity index (χ3v) is 22.3. The molecule has 0 radical (unpaired) electrons. The highest BCUT2D eigenvalue weighted by molar-refractivity contribution is 6.16. The molecule has 0 aliphatic heterocycles. The molecule has 0 unspecified atom stereocenters. The number of hydrogen-bond acceptors (Lipinski definition) is 7. The highest BCUT2D eigenvalue weighted by Crippen LogP contribution is 2.56. The molecule has 109 heavy (non-hydrogen) atoms. The van der Waals surface area contributed by atoms with Gasteiger partial charge in [0.05, 0.1) is 16.2 Å². The number of hydrogen-bond donors (Lipinski definition) is 0. The Kier molecular flexibility index (Phi) is 16.9. The third kappa shape index (κ3) is 10.8. The second kappa shape index (κ2) is 27.5. The fourth-order valence-electron chi connectivity index (χ4n) is 17.5. The van der Waals surface area contributed by atoms with Gasteiger partial charge in [0.2, 0.25) is 0 Å². The number of carbonyl (C=O) groups excluding carboxylic acids is 3. The summed E-state index contributed by atoms with van der Waals surface area (Å²) < 4.78 is 18.2. The molecule has 0 N–H and O–H groups in total. The van der Waals surface area contributed by atoms with Crippen LogP contribution in [-0.4, -0.2) is 37.2 Å². The maximum absolute atomic E-state index is 14.9. The normalized spacial score (nSPS) is 13.6. The van der Waals surface area contributed by atoms with Crippen LogP contribution in [0.25, 0.3) is 32.3 Å².